The van der Waals surface area contributed by atoms with Crippen LogP contribution in [-0.4, -0.2) is 29.5 Å². The van der Waals surface area contributed by atoms with Crippen LogP contribution in [-0.2, 0) is 6.54 Å². The molecule has 2 rings (SSSR count). The van der Waals surface area contributed by atoms with E-state index in [0.717, 1.165) is 24.9 Å². The smallest absolute Gasteiger partial charge is 0.258 e. The summed E-state index contributed by atoms with van der Waals surface area (Å²) >= 11 is 0. The van der Waals surface area contributed by atoms with E-state index in [1.54, 1.807) is 26.4 Å². The first-order chi connectivity index (χ1) is 11.0. The van der Waals surface area contributed by atoms with E-state index in [2.05, 4.69) is 6.92 Å². The zero-order valence-electron chi connectivity index (χ0n) is 14.1. The van der Waals surface area contributed by atoms with Gasteiger partial charge in [0.1, 0.15) is 5.56 Å². The average molecular weight is 315 g/mol. The number of fused-ring (bicyclic) bond motifs is 1. The maximum absolute atomic E-state index is 12.7. The van der Waals surface area contributed by atoms with E-state index in [1.807, 2.05) is 16.7 Å². The number of rotatable bonds is 6. The molecule has 0 aliphatic carbocycles. The minimum atomic E-state index is -0.290. The van der Waals surface area contributed by atoms with Crippen molar-refractivity contribution in [3.05, 3.63) is 40.2 Å². The fourth-order valence-corrected chi connectivity index (χ4v) is 2.75. The molecule has 0 aliphatic heterocycles. The molecule has 0 spiro atoms. The van der Waals surface area contributed by atoms with Gasteiger partial charge in [-0.15, -0.1) is 0 Å². The third-order valence-electron chi connectivity index (χ3n) is 4.03. The van der Waals surface area contributed by atoms with Gasteiger partial charge in [0.2, 0.25) is 5.43 Å². The fraction of sp³-hybridized carbons (Fsp3) is 0.444. The number of amides is 1. The largest absolute Gasteiger partial charge is 0.398 e. The highest BCUT2D eigenvalue weighted by molar-refractivity contribution is 5.99. The highest BCUT2D eigenvalue weighted by Gasteiger charge is 2.18. The first-order valence-electron chi connectivity index (χ1n) is 8.10. The summed E-state index contributed by atoms with van der Waals surface area (Å²) < 4.78 is 1.99. The summed E-state index contributed by atoms with van der Waals surface area (Å²) in [7, 11) is 3.29. The lowest BCUT2D eigenvalue weighted by molar-refractivity contribution is 0.0826. The first-order valence-corrected chi connectivity index (χ1v) is 8.10. The van der Waals surface area contributed by atoms with Gasteiger partial charge in [0.15, 0.2) is 0 Å². The van der Waals surface area contributed by atoms with Gasteiger partial charge in [0, 0.05) is 32.5 Å². The molecule has 0 radical (unpaired) electrons. The summed E-state index contributed by atoms with van der Waals surface area (Å²) in [4.78, 5) is 26.4. The van der Waals surface area contributed by atoms with Gasteiger partial charge in [0.05, 0.1) is 10.9 Å². The van der Waals surface area contributed by atoms with Gasteiger partial charge < -0.3 is 15.2 Å². The lowest BCUT2D eigenvalue weighted by Gasteiger charge is -2.16. The lowest BCUT2D eigenvalue weighted by atomic mass is 10.1. The lowest BCUT2D eigenvalue weighted by Crippen LogP contribution is -2.29. The number of carbonyl (C=O) groups is 1. The van der Waals surface area contributed by atoms with Crippen LogP contribution < -0.4 is 11.2 Å². The Kier molecular flexibility index (Phi) is 5.42. The predicted molar refractivity (Wildman–Crippen MR) is 94.8 cm³/mol. The number of pyridine rings is 1. The van der Waals surface area contributed by atoms with E-state index in [4.69, 9.17) is 5.73 Å². The van der Waals surface area contributed by atoms with Crippen molar-refractivity contribution in [2.45, 2.75) is 39.2 Å². The minimum absolute atomic E-state index is 0.177. The Bertz CT molecular complexity index is 763. The van der Waals surface area contributed by atoms with Gasteiger partial charge in [-0.1, -0.05) is 32.3 Å². The molecule has 0 unspecified atom stereocenters. The molecule has 0 atom stereocenters. The second-order valence-corrected chi connectivity index (χ2v) is 6.07. The van der Waals surface area contributed by atoms with Gasteiger partial charge in [0.25, 0.3) is 5.91 Å². The molecule has 5 heteroatoms. The van der Waals surface area contributed by atoms with Crippen LogP contribution in [0, 0.1) is 0 Å². The summed E-state index contributed by atoms with van der Waals surface area (Å²) in [5, 5.41) is 0.440. The third-order valence-corrected chi connectivity index (χ3v) is 4.03. The molecule has 0 saturated heterocycles. The number of benzene rings is 1. The molecule has 5 nitrogen and oxygen atoms in total. The van der Waals surface area contributed by atoms with Gasteiger partial charge >= 0.3 is 0 Å². The topological polar surface area (TPSA) is 68.3 Å². The SMILES string of the molecule is CCCCCCn1cc(C(=O)N(C)C)c(=O)c2c(N)cccc21. The number of hydrogen-bond acceptors (Lipinski definition) is 3. The Morgan fingerprint density at radius 2 is 1.96 bits per heavy atom. The van der Waals surface area contributed by atoms with Crippen LogP contribution in [0.25, 0.3) is 10.9 Å². The number of nitrogen functional groups attached to an aromatic ring is 1. The summed E-state index contributed by atoms with van der Waals surface area (Å²) in [6, 6.07) is 5.43. The zero-order chi connectivity index (χ0) is 17.0. The van der Waals surface area contributed by atoms with Crippen LogP contribution in [0.15, 0.2) is 29.2 Å². The maximum atomic E-state index is 12.7. The Morgan fingerprint density at radius 3 is 2.61 bits per heavy atom. The standard InChI is InChI=1S/C18H25N3O2/c1-4-5-6-7-11-21-12-13(18(23)20(2)3)17(22)16-14(19)9-8-10-15(16)21/h8-10,12H,4-7,11,19H2,1-3H3. The number of aromatic nitrogens is 1. The van der Waals surface area contributed by atoms with E-state index in [9.17, 15) is 9.59 Å². The number of aryl methyl sites for hydroxylation is 1. The summed E-state index contributed by atoms with van der Waals surface area (Å²) in [5.41, 5.74) is 7.11. The number of carbonyl (C=O) groups excluding carboxylic acids is 1. The van der Waals surface area contributed by atoms with E-state index in [0.29, 0.717) is 11.1 Å². The molecule has 1 aromatic carbocycles. The second kappa shape index (κ2) is 7.31. The van der Waals surface area contributed by atoms with Crippen LogP contribution in [0.2, 0.25) is 0 Å². The third kappa shape index (κ3) is 3.55. The first kappa shape index (κ1) is 17.1. The number of nitrogens with zero attached hydrogens (tertiary/aromatic N) is 2. The number of unbranched alkanes of at least 4 members (excludes halogenated alkanes) is 3. The van der Waals surface area contributed by atoms with Crippen LogP contribution in [0.4, 0.5) is 5.69 Å². The summed E-state index contributed by atoms with van der Waals surface area (Å²) in [6.07, 6.45) is 6.17. The van der Waals surface area contributed by atoms with E-state index >= 15 is 0 Å². The van der Waals surface area contributed by atoms with E-state index in [-0.39, 0.29) is 16.9 Å². The van der Waals surface area contributed by atoms with Crippen LogP contribution in [0.3, 0.4) is 0 Å². The molecule has 23 heavy (non-hydrogen) atoms. The average Bonchev–Trinajstić information content (AvgIpc) is 2.52. The maximum Gasteiger partial charge on any atom is 0.258 e. The van der Waals surface area contributed by atoms with Gasteiger partial charge in [-0.2, -0.15) is 0 Å². The molecular weight excluding hydrogens is 290 g/mol. The Balaban J connectivity index is 2.56. The van der Waals surface area contributed by atoms with E-state index < -0.39 is 0 Å². The molecule has 124 valence electrons. The van der Waals surface area contributed by atoms with Crippen LogP contribution in [0.5, 0.6) is 0 Å². The molecule has 0 fully saturated rings. The van der Waals surface area contributed by atoms with Crippen molar-refractivity contribution in [2.75, 3.05) is 19.8 Å². The normalized spacial score (nSPS) is 10.9. The van der Waals surface area contributed by atoms with Crippen molar-refractivity contribution < 1.29 is 4.79 Å². The van der Waals surface area contributed by atoms with Crippen LogP contribution >= 0.6 is 0 Å². The molecule has 0 bridgehead atoms. The van der Waals surface area contributed by atoms with E-state index in [1.165, 1.54) is 17.7 Å². The van der Waals surface area contributed by atoms with Gasteiger partial charge in [-0.05, 0) is 18.6 Å². The predicted octanol–water partition coefficient (Wildman–Crippen LogP) is 2.87. The van der Waals surface area contributed by atoms with Gasteiger partial charge in [-0.25, -0.2) is 0 Å². The summed E-state index contributed by atoms with van der Waals surface area (Å²) in [5.74, 6) is -0.289. The molecule has 0 saturated carbocycles. The molecule has 0 aliphatic rings. The minimum Gasteiger partial charge on any atom is -0.398 e. The summed E-state index contributed by atoms with van der Waals surface area (Å²) in [6.45, 7) is 2.94. The van der Waals surface area contributed by atoms with Crippen LogP contribution in [0.1, 0.15) is 43.0 Å². The van der Waals surface area contributed by atoms with Crippen molar-refractivity contribution in [3.63, 3.8) is 0 Å². The molecule has 1 heterocycles. The van der Waals surface area contributed by atoms with Crippen molar-refractivity contribution in [3.8, 4) is 0 Å². The molecule has 1 aromatic heterocycles. The quantitative estimate of drug-likeness (QED) is 0.658. The Hall–Kier alpha value is -2.30. The second-order valence-electron chi connectivity index (χ2n) is 6.07. The fourth-order valence-electron chi connectivity index (χ4n) is 2.75. The number of anilines is 1. The van der Waals surface area contributed by atoms with Gasteiger partial charge in [-0.3, -0.25) is 9.59 Å². The highest BCUT2D eigenvalue weighted by Crippen LogP contribution is 2.19. The Labute approximate surface area is 136 Å². The van der Waals surface area contributed by atoms with Crippen molar-refractivity contribution in [2.24, 2.45) is 0 Å². The molecular formula is C18H25N3O2. The molecule has 2 N–H and O–H groups in total. The zero-order valence-corrected chi connectivity index (χ0v) is 14.1. The van der Waals surface area contributed by atoms with Crippen molar-refractivity contribution in [1.29, 1.82) is 0 Å². The van der Waals surface area contributed by atoms with Crippen molar-refractivity contribution >= 4 is 22.5 Å². The monoisotopic (exact) mass is 315 g/mol. The number of hydrogen-bond donors (Lipinski definition) is 1. The number of nitrogens with two attached hydrogens (primary N) is 1. The Morgan fingerprint density at radius 1 is 1.22 bits per heavy atom. The molecule has 2 aromatic rings. The highest BCUT2D eigenvalue weighted by atomic mass is 16.2. The molecule has 1 amide bonds. The van der Waals surface area contributed by atoms with Crippen molar-refractivity contribution in [1.82, 2.24) is 9.47 Å².